The Balaban J connectivity index is 3.04. The number of carboxylic acids is 2. The average Bonchev–Trinajstić information content (AvgIpc) is 3.22. The zero-order chi connectivity index (χ0) is 25.1. The lowest BCUT2D eigenvalue weighted by atomic mass is 10.0. The van der Waals surface area contributed by atoms with E-state index in [4.69, 9.17) is 10.8 Å². The minimum Gasteiger partial charge on any atom is -0.481 e. The van der Waals surface area contributed by atoms with Gasteiger partial charge in [-0.25, -0.2) is 9.78 Å². The Labute approximate surface area is 190 Å². The van der Waals surface area contributed by atoms with E-state index < -0.39 is 60.2 Å². The molecule has 4 atom stereocenters. The fraction of sp³-hybridized carbons (Fsp3) is 0.600. The third-order valence-corrected chi connectivity index (χ3v) is 4.63. The Morgan fingerprint density at radius 1 is 0.970 bits per heavy atom. The number of carboxylic acid groups (broad SMARTS) is 2. The van der Waals surface area contributed by atoms with E-state index in [1.165, 1.54) is 19.4 Å². The average molecular weight is 469 g/mol. The Hall–Kier alpha value is -3.48. The molecule has 0 aromatic carbocycles. The van der Waals surface area contributed by atoms with Gasteiger partial charge >= 0.3 is 11.9 Å². The molecule has 0 saturated carbocycles. The second-order valence-corrected chi connectivity index (χ2v) is 8.15. The maximum atomic E-state index is 12.9. The molecule has 1 aromatic heterocycles. The van der Waals surface area contributed by atoms with Gasteiger partial charge in [0.25, 0.3) is 0 Å². The molecular weight excluding hydrogens is 436 g/mol. The van der Waals surface area contributed by atoms with Gasteiger partial charge in [-0.05, 0) is 25.7 Å². The first kappa shape index (κ1) is 27.6. The van der Waals surface area contributed by atoms with Crippen LogP contribution in [0, 0.1) is 5.92 Å². The van der Waals surface area contributed by atoms with Gasteiger partial charge in [-0.15, -0.1) is 0 Å². The van der Waals surface area contributed by atoms with Gasteiger partial charge in [0.2, 0.25) is 17.7 Å². The molecule has 0 aliphatic heterocycles. The number of nitrogens with zero attached hydrogens (tertiary/aromatic N) is 1. The van der Waals surface area contributed by atoms with Gasteiger partial charge in [0.05, 0.1) is 12.4 Å². The van der Waals surface area contributed by atoms with Gasteiger partial charge in [0.1, 0.15) is 18.1 Å². The monoisotopic (exact) mass is 468 g/mol. The van der Waals surface area contributed by atoms with Crippen LogP contribution >= 0.6 is 0 Å². The minimum atomic E-state index is -1.46. The molecule has 0 bridgehead atoms. The van der Waals surface area contributed by atoms with Crippen LogP contribution in [-0.2, 0) is 30.4 Å². The zero-order valence-corrected chi connectivity index (χ0v) is 18.8. The molecule has 0 aliphatic rings. The van der Waals surface area contributed by atoms with E-state index in [0.29, 0.717) is 5.69 Å². The number of nitrogens with two attached hydrogens (primary N) is 1. The van der Waals surface area contributed by atoms with E-state index in [2.05, 4.69) is 25.9 Å². The van der Waals surface area contributed by atoms with Crippen LogP contribution in [0.25, 0.3) is 0 Å². The highest BCUT2D eigenvalue weighted by Gasteiger charge is 2.31. The van der Waals surface area contributed by atoms with Crippen LogP contribution < -0.4 is 21.7 Å². The number of nitrogens with one attached hydrogen (secondary N) is 4. The Kier molecular flexibility index (Phi) is 11.0. The molecule has 0 aliphatic carbocycles. The Morgan fingerprint density at radius 2 is 1.55 bits per heavy atom. The molecule has 4 unspecified atom stereocenters. The second-order valence-electron chi connectivity index (χ2n) is 8.15. The third kappa shape index (κ3) is 10.1. The normalized spacial score (nSPS) is 14.6. The van der Waals surface area contributed by atoms with Gasteiger partial charge in [0, 0.05) is 24.7 Å². The number of aromatic amines is 1. The summed E-state index contributed by atoms with van der Waals surface area (Å²) in [5.41, 5.74) is 6.06. The van der Waals surface area contributed by atoms with Gasteiger partial charge in [-0.1, -0.05) is 13.8 Å². The maximum Gasteiger partial charge on any atom is 0.326 e. The molecule has 0 radical (unpaired) electrons. The predicted octanol–water partition coefficient (Wildman–Crippen LogP) is -1.25. The van der Waals surface area contributed by atoms with Crippen LogP contribution in [-0.4, -0.2) is 74.0 Å². The van der Waals surface area contributed by atoms with Crippen molar-refractivity contribution in [3.8, 4) is 0 Å². The standard InChI is InChI=1S/C20H32N6O7/c1-10(2)6-14(25-17(29)11(3)21)18(30)26-15(7-12-8-22-9-23-12)19(31)24-13(20(32)33)4-5-16(27)28/h8-11,13-15H,4-7,21H2,1-3H3,(H,22,23)(H,24,31)(H,25,29)(H,26,30)(H,27,28)(H,32,33). The highest BCUT2D eigenvalue weighted by Crippen LogP contribution is 2.08. The highest BCUT2D eigenvalue weighted by atomic mass is 16.4. The van der Waals surface area contributed by atoms with Gasteiger partial charge in [-0.3, -0.25) is 19.2 Å². The van der Waals surface area contributed by atoms with Crippen LogP contribution in [0.4, 0.5) is 0 Å². The zero-order valence-electron chi connectivity index (χ0n) is 18.8. The first-order valence-corrected chi connectivity index (χ1v) is 10.5. The minimum absolute atomic E-state index is 0.0291. The van der Waals surface area contributed by atoms with Crippen LogP contribution in [0.3, 0.4) is 0 Å². The Morgan fingerprint density at radius 3 is 2.03 bits per heavy atom. The quantitative estimate of drug-likeness (QED) is 0.173. The molecule has 0 fully saturated rings. The molecular formula is C20H32N6O7. The van der Waals surface area contributed by atoms with E-state index in [0.717, 1.165) is 0 Å². The number of rotatable bonds is 14. The van der Waals surface area contributed by atoms with E-state index >= 15 is 0 Å². The lowest BCUT2D eigenvalue weighted by Crippen LogP contribution is -2.57. The van der Waals surface area contributed by atoms with E-state index in [-0.39, 0.29) is 25.2 Å². The summed E-state index contributed by atoms with van der Waals surface area (Å²) in [6, 6.07) is -4.49. The summed E-state index contributed by atoms with van der Waals surface area (Å²) in [5, 5.41) is 25.5. The highest BCUT2D eigenvalue weighted by molar-refractivity contribution is 5.94. The fourth-order valence-electron chi connectivity index (χ4n) is 2.90. The first-order valence-electron chi connectivity index (χ1n) is 10.5. The number of aromatic nitrogens is 2. The molecule has 0 saturated heterocycles. The second kappa shape index (κ2) is 13.2. The number of amides is 3. The van der Waals surface area contributed by atoms with Crippen LogP contribution in [0.15, 0.2) is 12.5 Å². The lowest BCUT2D eigenvalue weighted by molar-refractivity contribution is -0.143. The van der Waals surface area contributed by atoms with E-state index in [1.807, 2.05) is 13.8 Å². The largest absolute Gasteiger partial charge is 0.481 e. The summed E-state index contributed by atoms with van der Waals surface area (Å²) < 4.78 is 0. The number of carbonyl (C=O) groups is 5. The van der Waals surface area contributed by atoms with Crippen LogP contribution in [0.5, 0.6) is 0 Å². The molecule has 8 N–H and O–H groups in total. The van der Waals surface area contributed by atoms with Crippen molar-refractivity contribution in [2.45, 2.75) is 70.6 Å². The summed E-state index contributed by atoms with van der Waals surface area (Å²) in [7, 11) is 0. The maximum absolute atomic E-state index is 12.9. The van der Waals surface area contributed by atoms with Crippen molar-refractivity contribution in [3.05, 3.63) is 18.2 Å². The van der Waals surface area contributed by atoms with Gasteiger partial charge < -0.3 is 36.9 Å². The summed E-state index contributed by atoms with van der Waals surface area (Å²) in [6.07, 6.45) is 2.26. The van der Waals surface area contributed by atoms with Crippen molar-refractivity contribution in [2.75, 3.05) is 0 Å². The van der Waals surface area contributed by atoms with Crippen molar-refractivity contribution in [3.63, 3.8) is 0 Å². The van der Waals surface area contributed by atoms with Crippen molar-refractivity contribution in [1.29, 1.82) is 0 Å². The summed E-state index contributed by atoms with van der Waals surface area (Å²) >= 11 is 0. The molecule has 184 valence electrons. The van der Waals surface area contributed by atoms with Gasteiger partial charge in [-0.2, -0.15) is 0 Å². The number of carbonyl (C=O) groups excluding carboxylic acids is 3. The SMILES string of the molecule is CC(C)CC(NC(=O)C(C)N)C(=O)NC(Cc1cnc[nH]1)C(=O)NC(CCC(=O)O)C(=O)O. The molecule has 0 spiro atoms. The van der Waals surface area contributed by atoms with E-state index in [9.17, 15) is 29.1 Å². The van der Waals surface area contributed by atoms with Crippen molar-refractivity contribution >= 4 is 29.7 Å². The first-order chi connectivity index (χ1) is 15.4. The fourth-order valence-corrected chi connectivity index (χ4v) is 2.90. The number of imidazole rings is 1. The number of H-pyrrole nitrogens is 1. The molecule has 33 heavy (non-hydrogen) atoms. The summed E-state index contributed by atoms with van der Waals surface area (Å²) in [5.74, 6) is -4.59. The molecule has 1 aromatic rings. The molecule has 13 heteroatoms. The van der Waals surface area contributed by atoms with Crippen LogP contribution in [0.2, 0.25) is 0 Å². The lowest BCUT2D eigenvalue weighted by Gasteiger charge is -2.25. The van der Waals surface area contributed by atoms with Crippen molar-refractivity contribution in [2.24, 2.45) is 11.7 Å². The number of hydrogen-bond acceptors (Lipinski definition) is 7. The molecule has 1 rings (SSSR count). The van der Waals surface area contributed by atoms with Crippen molar-refractivity contribution in [1.82, 2.24) is 25.9 Å². The van der Waals surface area contributed by atoms with Gasteiger partial charge in [0.15, 0.2) is 0 Å². The van der Waals surface area contributed by atoms with E-state index in [1.54, 1.807) is 0 Å². The number of hydrogen-bond donors (Lipinski definition) is 7. The Bertz CT molecular complexity index is 825. The third-order valence-electron chi connectivity index (χ3n) is 4.63. The summed E-state index contributed by atoms with van der Waals surface area (Å²) in [6.45, 7) is 5.18. The molecule has 1 heterocycles. The smallest absolute Gasteiger partial charge is 0.326 e. The molecule has 3 amide bonds. The predicted molar refractivity (Wildman–Crippen MR) is 116 cm³/mol. The topological polar surface area (TPSA) is 217 Å². The van der Waals surface area contributed by atoms with Crippen molar-refractivity contribution < 1.29 is 34.2 Å². The summed E-state index contributed by atoms with van der Waals surface area (Å²) in [4.78, 5) is 66.7. The van der Waals surface area contributed by atoms with Crippen LogP contribution in [0.1, 0.15) is 45.7 Å². The number of aliphatic carboxylic acids is 2. The molecule has 13 nitrogen and oxygen atoms in total.